The largest absolute Gasteiger partial charge is 0.523 e. The molecule has 8 nitrogen and oxygen atoms in total. The smallest absolute Gasteiger partial charge is 0.468 e. The summed E-state index contributed by atoms with van der Waals surface area (Å²) in [6.45, 7) is -2.79. The van der Waals surface area contributed by atoms with E-state index in [9.17, 15) is 48.0 Å². The van der Waals surface area contributed by atoms with E-state index in [0.29, 0.717) is 14.0 Å². The first-order chi connectivity index (χ1) is 10.4. The van der Waals surface area contributed by atoms with E-state index in [0.717, 1.165) is 0 Å². The number of methoxy groups -OCH3 is 1. The van der Waals surface area contributed by atoms with Gasteiger partial charge in [0, 0.05) is 0 Å². The van der Waals surface area contributed by atoms with Gasteiger partial charge in [-0.3, -0.25) is 13.2 Å². The van der Waals surface area contributed by atoms with Crippen molar-refractivity contribution < 1.29 is 61.1 Å². The van der Waals surface area contributed by atoms with Crippen LogP contribution >= 0.6 is 0 Å². The summed E-state index contributed by atoms with van der Waals surface area (Å²) in [4.78, 5) is 11.4. The molecule has 0 unspecified atom stereocenters. The summed E-state index contributed by atoms with van der Waals surface area (Å²) in [5, 5.41) is 0. The lowest BCUT2D eigenvalue weighted by molar-refractivity contribution is -0.156. The topological polar surface area (TPSA) is 113 Å². The summed E-state index contributed by atoms with van der Waals surface area (Å²) < 4.78 is 127. The molecule has 0 aromatic carbocycles. The third kappa shape index (κ3) is 5.45. The maximum atomic E-state index is 12.1. The first-order valence-electron chi connectivity index (χ1n) is 5.39. The number of carbonyl (C=O) groups excluding carboxylic acids is 1. The molecule has 0 aliphatic heterocycles. The van der Waals surface area contributed by atoms with Crippen molar-refractivity contribution in [3.63, 3.8) is 0 Å². The second-order valence-electron chi connectivity index (χ2n) is 4.38. The van der Waals surface area contributed by atoms with Crippen LogP contribution in [0, 0.1) is 5.41 Å². The van der Waals surface area contributed by atoms with E-state index in [1.807, 2.05) is 0 Å². The molecule has 24 heavy (non-hydrogen) atoms. The van der Waals surface area contributed by atoms with Gasteiger partial charge in [-0.2, -0.15) is 43.2 Å². The molecule has 0 fully saturated rings. The van der Waals surface area contributed by atoms with Crippen molar-refractivity contribution in [2.75, 3.05) is 20.3 Å². The molecular formula is C8H10F6O8S2. The average Bonchev–Trinajstić information content (AvgIpc) is 2.39. The van der Waals surface area contributed by atoms with Crippen LogP contribution < -0.4 is 0 Å². The molecular weight excluding hydrogens is 402 g/mol. The predicted octanol–water partition coefficient (Wildman–Crippen LogP) is 0.898. The first kappa shape index (κ1) is 22.9. The Balaban J connectivity index is 5.38. The second-order valence-corrected chi connectivity index (χ2v) is 7.59. The number of hydrogen-bond acceptors (Lipinski definition) is 8. The molecule has 0 amide bonds. The minimum absolute atomic E-state index is 0.580. The summed E-state index contributed by atoms with van der Waals surface area (Å²) in [5.74, 6) is -1.57. The molecule has 0 heterocycles. The van der Waals surface area contributed by atoms with E-state index in [-0.39, 0.29) is 0 Å². The molecule has 0 aromatic rings. The second kappa shape index (κ2) is 7.01. The highest BCUT2D eigenvalue weighted by Crippen LogP contribution is 2.30. The van der Waals surface area contributed by atoms with Crippen LogP contribution in [0.25, 0.3) is 0 Å². The summed E-state index contributed by atoms with van der Waals surface area (Å²) >= 11 is 0. The lowest BCUT2D eigenvalue weighted by Crippen LogP contribution is -2.42. The van der Waals surface area contributed by atoms with Gasteiger partial charge in [0.2, 0.25) is 0 Å². The van der Waals surface area contributed by atoms with Crippen molar-refractivity contribution in [3.05, 3.63) is 0 Å². The maximum absolute atomic E-state index is 12.1. The molecule has 0 saturated carbocycles. The number of rotatable bonds is 7. The van der Waals surface area contributed by atoms with Gasteiger partial charge in [-0.15, -0.1) is 0 Å². The zero-order valence-corrected chi connectivity index (χ0v) is 13.4. The summed E-state index contributed by atoms with van der Waals surface area (Å²) in [7, 11) is -11.7. The Hall–Kier alpha value is -1.13. The van der Waals surface area contributed by atoms with E-state index < -0.39 is 55.9 Å². The van der Waals surface area contributed by atoms with Crippen molar-refractivity contribution >= 4 is 26.2 Å². The van der Waals surface area contributed by atoms with Crippen LogP contribution in [0.1, 0.15) is 6.92 Å². The lowest BCUT2D eigenvalue weighted by Gasteiger charge is -2.25. The Kier molecular flexibility index (Phi) is 6.68. The van der Waals surface area contributed by atoms with Crippen molar-refractivity contribution in [3.8, 4) is 0 Å². The van der Waals surface area contributed by atoms with Crippen LogP contribution in [0.4, 0.5) is 26.3 Å². The van der Waals surface area contributed by atoms with Gasteiger partial charge >= 0.3 is 37.2 Å². The van der Waals surface area contributed by atoms with Gasteiger partial charge in [-0.1, -0.05) is 0 Å². The molecule has 144 valence electrons. The van der Waals surface area contributed by atoms with Gasteiger partial charge in [-0.05, 0) is 6.92 Å². The molecule has 16 heteroatoms. The number of esters is 1. The van der Waals surface area contributed by atoms with Gasteiger partial charge in [0.1, 0.15) is 5.41 Å². The van der Waals surface area contributed by atoms with E-state index in [1.165, 1.54) is 0 Å². The minimum Gasteiger partial charge on any atom is -0.468 e. The molecule has 0 atom stereocenters. The van der Waals surface area contributed by atoms with E-state index in [4.69, 9.17) is 0 Å². The van der Waals surface area contributed by atoms with Crippen molar-refractivity contribution in [1.82, 2.24) is 0 Å². The molecule has 0 aromatic heterocycles. The maximum Gasteiger partial charge on any atom is 0.523 e. The third-order valence-electron chi connectivity index (χ3n) is 2.31. The lowest BCUT2D eigenvalue weighted by atomic mass is 9.93. The Labute approximate surface area is 131 Å². The summed E-state index contributed by atoms with van der Waals surface area (Å²) in [5.41, 5.74) is -14.3. The normalized spacial score (nSPS) is 14.5. The zero-order chi connectivity index (χ0) is 19.6. The number of ether oxygens (including phenoxy) is 1. The highest BCUT2D eigenvalue weighted by Gasteiger charge is 2.52. The van der Waals surface area contributed by atoms with Crippen molar-refractivity contribution in [1.29, 1.82) is 0 Å². The minimum atomic E-state index is -6.19. The van der Waals surface area contributed by atoms with Crippen LogP contribution in [-0.2, 0) is 38.1 Å². The molecule has 0 spiro atoms. The van der Waals surface area contributed by atoms with Gasteiger partial charge < -0.3 is 4.74 Å². The first-order valence-corrected chi connectivity index (χ1v) is 8.21. The van der Waals surface area contributed by atoms with Gasteiger partial charge in [-0.25, -0.2) is 0 Å². The average molecular weight is 412 g/mol. The SMILES string of the molecule is COC(=O)C(C)(COS(=O)(=O)C(F)(F)F)COS(=O)(=O)C(F)(F)F. The fourth-order valence-corrected chi connectivity index (χ4v) is 2.05. The molecule has 0 aliphatic carbocycles. The fourth-order valence-electron chi connectivity index (χ4n) is 0.955. The molecule has 0 saturated heterocycles. The summed E-state index contributed by atoms with van der Waals surface area (Å²) in [6, 6.07) is 0. The standard InChI is InChI=1S/C8H10F6O8S2/c1-6(5(15)20-2,3-21-23(16,17)7(9,10)11)4-22-24(18,19)8(12,13)14/h3-4H2,1-2H3. The molecule has 0 aliphatic rings. The fraction of sp³-hybridized carbons (Fsp3) is 0.875. The summed E-state index contributed by atoms with van der Waals surface area (Å²) in [6.07, 6.45) is 0. The number of alkyl halides is 6. The highest BCUT2D eigenvalue weighted by atomic mass is 32.2. The zero-order valence-electron chi connectivity index (χ0n) is 11.8. The van der Waals surface area contributed by atoms with Crippen molar-refractivity contribution in [2.45, 2.75) is 17.9 Å². The van der Waals surface area contributed by atoms with E-state index in [2.05, 4.69) is 13.1 Å². The molecule has 0 rings (SSSR count). The van der Waals surface area contributed by atoms with Crippen LogP contribution in [0.3, 0.4) is 0 Å². The number of halogens is 6. The van der Waals surface area contributed by atoms with E-state index in [1.54, 1.807) is 0 Å². The highest BCUT2D eigenvalue weighted by molar-refractivity contribution is 7.87. The van der Waals surface area contributed by atoms with E-state index >= 15 is 0 Å². The van der Waals surface area contributed by atoms with Crippen LogP contribution in [0.5, 0.6) is 0 Å². The molecule has 0 radical (unpaired) electrons. The van der Waals surface area contributed by atoms with Crippen LogP contribution in [0.15, 0.2) is 0 Å². The Morgan fingerprint density at radius 2 is 1.12 bits per heavy atom. The monoisotopic (exact) mass is 412 g/mol. The Bertz CT molecular complexity index is 614. The van der Waals surface area contributed by atoms with Crippen molar-refractivity contribution in [2.24, 2.45) is 5.41 Å². The quantitative estimate of drug-likeness (QED) is 0.262. The van der Waals surface area contributed by atoms with Gasteiger partial charge in [0.25, 0.3) is 0 Å². The number of carbonyl (C=O) groups is 1. The predicted molar refractivity (Wildman–Crippen MR) is 62.0 cm³/mol. The van der Waals surface area contributed by atoms with Gasteiger partial charge in [0.05, 0.1) is 20.3 Å². The van der Waals surface area contributed by atoms with Gasteiger partial charge in [0.15, 0.2) is 0 Å². The van der Waals surface area contributed by atoms with Crippen LogP contribution in [-0.4, -0.2) is 54.1 Å². The Morgan fingerprint density at radius 3 is 1.33 bits per heavy atom. The molecule has 0 N–H and O–H groups in total. The number of hydrogen-bond donors (Lipinski definition) is 0. The van der Waals surface area contributed by atoms with Crippen LogP contribution in [0.2, 0.25) is 0 Å². The molecule has 0 bridgehead atoms. The third-order valence-corrected chi connectivity index (χ3v) is 4.30. The Morgan fingerprint density at radius 1 is 0.833 bits per heavy atom.